The van der Waals surface area contributed by atoms with Crippen molar-refractivity contribution in [2.75, 3.05) is 32.1 Å². The van der Waals surface area contributed by atoms with Gasteiger partial charge in [-0.05, 0) is 12.0 Å². The standard InChI is InChI=1S/C15H24N4O2/c1-11(2)9-15(20)19-8-7-12(10-19)21-14-6-5-13(16-17-14)18(3)4/h5-6,11-12H,7-10H2,1-4H3. The molecule has 0 aromatic carbocycles. The van der Waals surface area contributed by atoms with Gasteiger partial charge in [-0.3, -0.25) is 4.79 Å². The van der Waals surface area contributed by atoms with Crippen LogP contribution >= 0.6 is 0 Å². The highest BCUT2D eigenvalue weighted by Crippen LogP contribution is 2.18. The Hall–Kier alpha value is -1.85. The Morgan fingerprint density at radius 2 is 2.19 bits per heavy atom. The largest absolute Gasteiger partial charge is 0.471 e. The van der Waals surface area contributed by atoms with Crippen molar-refractivity contribution in [1.82, 2.24) is 15.1 Å². The number of anilines is 1. The second-order valence-corrected chi connectivity index (χ2v) is 6.09. The molecule has 0 spiro atoms. The zero-order valence-electron chi connectivity index (χ0n) is 13.2. The van der Waals surface area contributed by atoms with Crippen LogP contribution < -0.4 is 9.64 Å². The Balaban J connectivity index is 1.86. The van der Waals surface area contributed by atoms with Crippen LogP contribution in [0, 0.1) is 5.92 Å². The topological polar surface area (TPSA) is 58.6 Å². The minimum absolute atomic E-state index is 0.0145. The first-order valence-electron chi connectivity index (χ1n) is 7.41. The first kappa shape index (κ1) is 15.5. The van der Waals surface area contributed by atoms with E-state index in [0.29, 0.717) is 24.8 Å². The number of nitrogens with zero attached hydrogens (tertiary/aromatic N) is 4. The number of hydrogen-bond donors (Lipinski definition) is 0. The number of hydrogen-bond acceptors (Lipinski definition) is 5. The number of aromatic nitrogens is 2. The average molecular weight is 292 g/mol. The third-order valence-electron chi connectivity index (χ3n) is 3.45. The highest BCUT2D eigenvalue weighted by atomic mass is 16.5. The second-order valence-electron chi connectivity index (χ2n) is 6.09. The molecule has 0 saturated carbocycles. The van der Waals surface area contributed by atoms with Gasteiger partial charge in [0.2, 0.25) is 11.8 Å². The lowest BCUT2D eigenvalue weighted by molar-refractivity contribution is -0.131. The molecule has 6 nitrogen and oxygen atoms in total. The molecule has 21 heavy (non-hydrogen) atoms. The van der Waals surface area contributed by atoms with Crippen molar-refractivity contribution >= 4 is 11.7 Å². The predicted octanol–water partition coefficient (Wildman–Crippen LogP) is 1.57. The summed E-state index contributed by atoms with van der Waals surface area (Å²) in [6, 6.07) is 3.69. The van der Waals surface area contributed by atoms with Crippen LogP contribution in [0.5, 0.6) is 5.88 Å². The lowest BCUT2D eigenvalue weighted by Crippen LogP contribution is -2.31. The first-order chi connectivity index (χ1) is 9.95. The molecule has 1 aromatic rings. The van der Waals surface area contributed by atoms with Gasteiger partial charge in [0.05, 0.1) is 6.54 Å². The van der Waals surface area contributed by atoms with E-state index < -0.39 is 0 Å². The number of rotatable bonds is 5. The van der Waals surface area contributed by atoms with E-state index in [2.05, 4.69) is 24.0 Å². The molecule has 0 radical (unpaired) electrons. The summed E-state index contributed by atoms with van der Waals surface area (Å²) >= 11 is 0. The van der Waals surface area contributed by atoms with E-state index in [9.17, 15) is 4.79 Å². The molecule has 2 rings (SSSR count). The van der Waals surface area contributed by atoms with Crippen LogP contribution in [0.2, 0.25) is 0 Å². The van der Waals surface area contributed by atoms with Gasteiger partial charge in [0.25, 0.3) is 0 Å². The molecule has 1 aromatic heterocycles. The van der Waals surface area contributed by atoms with Crippen LogP contribution in [-0.2, 0) is 4.79 Å². The molecule has 2 heterocycles. The SMILES string of the molecule is CC(C)CC(=O)N1CCC(Oc2ccc(N(C)C)nn2)C1. The van der Waals surface area contributed by atoms with E-state index in [-0.39, 0.29) is 12.0 Å². The van der Waals surface area contributed by atoms with Crippen LogP contribution in [0.4, 0.5) is 5.82 Å². The third-order valence-corrected chi connectivity index (χ3v) is 3.45. The van der Waals surface area contributed by atoms with Crippen LogP contribution in [0.3, 0.4) is 0 Å². The average Bonchev–Trinajstić information content (AvgIpc) is 2.87. The van der Waals surface area contributed by atoms with E-state index in [1.54, 1.807) is 0 Å². The minimum atomic E-state index is 0.0145. The Morgan fingerprint density at radius 3 is 2.76 bits per heavy atom. The van der Waals surface area contributed by atoms with Gasteiger partial charge < -0.3 is 14.5 Å². The molecule has 0 bridgehead atoms. The van der Waals surface area contributed by atoms with Gasteiger partial charge >= 0.3 is 0 Å². The van der Waals surface area contributed by atoms with Crippen LogP contribution in [0.15, 0.2) is 12.1 Å². The number of carbonyl (C=O) groups excluding carboxylic acids is 1. The second kappa shape index (κ2) is 6.74. The summed E-state index contributed by atoms with van der Waals surface area (Å²) in [7, 11) is 3.83. The maximum Gasteiger partial charge on any atom is 0.233 e. The molecule has 1 fully saturated rings. The molecule has 1 aliphatic rings. The molecule has 1 saturated heterocycles. The molecule has 0 aliphatic carbocycles. The van der Waals surface area contributed by atoms with Crippen molar-refractivity contribution in [2.45, 2.75) is 32.8 Å². The van der Waals surface area contributed by atoms with Crippen LogP contribution in [-0.4, -0.2) is 54.3 Å². The van der Waals surface area contributed by atoms with Gasteiger partial charge in [0, 0.05) is 39.5 Å². The quantitative estimate of drug-likeness (QED) is 0.824. The number of amides is 1. The lowest BCUT2D eigenvalue weighted by Gasteiger charge is -2.18. The maximum atomic E-state index is 12.0. The summed E-state index contributed by atoms with van der Waals surface area (Å²) in [5.41, 5.74) is 0. The molecule has 1 unspecified atom stereocenters. The van der Waals surface area contributed by atoms with E-state index in [1.807, 2.05) is 36.0 Å². The molecule has 1 amide bonds. The Morgan fingerprint density at radius 1 is 1.43 bits per heavy atom. The minimum Gasteiger partial charge on any atom is -0.471 e. The molecule has 116 valence electrons. The van der Waals surface area contributed by atoms with Crippen molar-refractivity contribution in [2.24, 2.45) is 5.92 Å². The maximum absolute atomic E-state index is 12.0. The number of likely N-dealkylation sites (tertiary alicyclic amines) is 1. The van der Waals surface area contributed by atoms with Crippen molar-refractivity contribution in [3.05, 3.63) is 12.1 Å². The van der Waals surface area contributed by atoms with Gasteiger partial charge in [-0.1, -0.05) is 13.8 Å². The highest BCUT2D eigenvalue weighted by molar-refractivity contribution is 5.76. The molecule has 0 N–H and O–H groups in total. The third kappa shape index (κ3) is 4.31. The number of carbonyl (C=O) groups is 1. The zero-order valence-corrected chi connectivity index (χ0v) is 13.2. The molecule has 1 atom stereocenters. The molecular formula is C15H24N4O2. The van der Waals surface area contributed by atoms with Crippen LogP contribution in [0.1, 0.15) is 26.7 Å². The fourth-order valence-corrected chi connectivity index (χ4v) is 2.31. The number of ether oxygens (including phenoxy) is 1. The Kier molecular flexibility index (Phi) is 4.98. The highest BCUT2D eigenvalue weighted by Gasteiger charge is 2.28. The van der Waals surface area contributed by atoms with Gasteiger partial charge in [-0.2, -0.15) is 0 Å². The van der Waals surface area contributed by atoms with E-state index in [0.717, 1.165) is 18.8 Å². The molecule has 6 heteroatoms. The van der Waals surface area contributed by atoms with Crippen LogP contribution in [0.25, 0.3) is 0 Å². The van der Waals surface area contributed by atoms with E-state index in [4.69, 9.17) is 4.74 Å². The normalized spacial score (nSPS) is 18.1. The summed E-state index contributed by atoms with van der Waals surface area (Å²) in [6.07, 6.45) is 1.46. The van der Waals surface area contributed by atoms with E-state index in [1.165, 1.54) is 0 Å². The Labute approximate surface area is 126 Å². The van der Waals surface area contributed by atoms with Gasteiger partial charge in [0.1, 0.15) is 6.10 Å². The zero-order chi connectivity index (χ0) is 15.4. The lowest BCUT2D eigenvalue weighted by atomic mass is 10.1. The fourth-order valence-electron chi connectivity index (χ4n) is 2.31. The van der Waals surface area contributed by atoms with Crippen molar-refractivity contribution in [1.29, 1.82) is 0 Å². The predicted molar refractivity (Wildman–Crippen MR) is 81.4 cm³/mol. The summed E-state index contributed by atoms with van der Waals surface area (Å²) < 4.78 is 5.81. The molecule has 1 aliphatic heterocycles. The van der Waals surface area contributed by atoms with Crippen molar-refractivity contribution in [3.63, 3.8) is 0 Å². The van der Waals surface area contributed by atoms with Gasteiger partial charge in [0.15, 0.2) is 5.82 Å². The fraction of sp³-hybridized carbons (Fsp3) is 0.667. The summed E-state index contributed by atoms with van der Waals surface area (Å²) in [6.45, 7) is 5.52. The Bertz CT molecular complexity index is 473. The smallest absolute Gasteiger partial charge is 0.233 e. The first-order valence-corrected chi connectivity index (χ1v) is 7.41. The van der Waals surface area contributed by atoms with Crippen molar-refractivity contribution in [3.8, 4) is 5.88 Å². The van der Waals surface area contributed by atoms with Gasteiger partial charge in [-0.15, -0.1) is 10.2 Å². The summed E-state index contributed by atoms with van der Waals surface area (Å²) in [4.78, 5) is 15.8. The van der Waals surface area contributed by atoms with Crippen molar-refractivity contribution < 1.29 is 9.53 Å². The molecular weight excluding hydrogens is 268 g/mol. The van der Waals surface area contributed by atoms with E-state index >= 15 is 0 Å². The monoisotopic (exact) mass is 292 g/mol. The van der Waals surface area contributed by atoms with Gasteiger partial charge in [-0.25, -0.2) is 0 Å². The summed E-state index contributed by atoms with van der Waals surface area (Å²) in [5.74, 6) is 1.92. The summed E-state index contributed by atoms with van der Waals surface area (Å²) in [5, 5.41) is 8.15.